The van der Waals surface area contributed by atoms with E-state index in [0.29, 0.717) is 24.9 Å². The lowest BCUT2D eigenvalue weighted by molar-refractivity contribution is -0.130. The molecule has 1 aromatic carbocycles. The van der Waals surface area contributed by atoms with Crippen LogP contribution in [-0.4, -0.2) is 72.0 Å². The Bertz CT molecular complexity index is 663. The predicted octanol–water partition coefficient (Wildman–Crippen LogP) is 2.34. The highest BCUT2D eigenvalue weighted by Gasteiger charge is 2.44. The van der Waals surface area contributed by atoms with Crippen LogP contribution in [0.25, 0.3) is 0 Å². The van der Waals surface area contributed by atoms with Crippen LogP contribution in [0.2, 0.25) is 0 Å². The molecule has 4 rings (SSSR count). The molecule has 26 heavy (non-hydrogen) atoms. The van der Waals surface area contributed by atoms with Crippen LogP contribution in [0, 0.1) is 0 Å². The van der Waals surface area contributed by atoms with Crippen LogP contribution in [0.5, 0.6) is 0 Å². The van der Waals surface area contributed by atoms with Gasteiger partial charge in [0, 0.05) is 50.7 Å². The minimum absolute atomic E-state index is 0.138. The summed E-state index contributed by atoms with van der Waals surface area (Å²) >= 11 is 0. The summed E-state index contributed by atoms with van der Waals surface area (Å²) in [5.41, 5.74) is 3.19. The van der Waals surface area contributed by atoms with Crippen LogP contribution in [-0.2, 0) is 17.6 Å². The molecule has 1 atom stereocenters. The predicted molar refractivity (Wildman–Crippen MR) is 105 cm³/mol. The number of carbonyl (C=O) groups is 1. The van der Waals surface area contributed by atoms with Gasteiger partial charge in [-0.1, -0.05) is 30.3 Å². The van der Waals surface area contributed by atoms with Gasteiger partial charge in [0.05, 0.1) is 0 Å². The lowest BCUT2D eigenvalue weighted by Crippen LogP contribution is -2.63. The smallest absolute Gasteiger partial charge is 0.222 e. The van der Waals surface area contributed by atoms with Gasteiger partial charge in [-0.25, -0.2) is 0 Å². The number of rotatable bonds is 3. The molecule has 4 nitrogen and oxygen atoms in total. The molecule has 3 aliphatic rings. The first-order valence-electron chi connectivity index (χ1n) is 10.0. The second kappa shape index (κ2) is 7.16. The average Bonchev–Trinajstić information content (AvgIpc) is 3.02. The van der Waals surface area contributed by atoms with Crippen LogP contribution in [0.1, 0.15) is 30.4 Å². The van der Waals surface area contributed by atoms with Crippen molar-refractivity contribution in [1.29, 1.82) is 0 Å². The molecule has 2 heterocycles. The van der Waals surface area contributed by atoms with Crippen molar-refractivity contribution in [3.8, 4) is 0 Å². The van der Waals surface area contributed by atoms with E-state index in [9.17, 15) is 4.79 Å². The van der Waals surface area contributed by atoms with Gasteiger partial charge in [-0.05, 0) is 43.9 Å². The fraction of sp³-hybridized carbons (Fsp3) is 0.591. The Labute approximate surface area is 157 Å². The molecule has 0 N–H and O–H groups in total. The van der Waals surface area contributed by atoms with E-state index in [-0.39, 0.29) is 5.54 Å². The van der Waals surface area contributed by atoms with Crippen molar-refractivity contribution in [2.45, 2.75) is 43.7 Å². The summed E-state index contributed by atoms with van der Waals surface area (Å²) in [5, 5.41) is 0. The number of benzene rings is 1. The van der Waals surface area contributed by atoms with E-state index in [1.165, 1.54) is 24.0 Å². The van der Waals surface area contributed by atoms with Gasteiger partial charge in [0.2, 0.25) is 5.91 Å². The van der Waals surface area contributed by atoms with Crippen LogP contribution in [0.3, 0.4) is 0 Å². The number of fused-ring (bicyclic) bond motifs is 1. The zero-order valence-corrected chi connectivity index (χ0v) is 16.0. The summed E-state index contributed by atoms with van der Waals surface area (Å²) in [4.78, 5) is 19.7. The van der Waals surface area contributed by atoms with Crippen LogP contribution in [0.4, 0.5) is 0 Å². The molecule has 1 aliphatic carbocycles. The van der Waals surface area contributed by atoms with Crippen LogP contribution < -0.4 is 0 Å². The minimum atomic E-state index is 0.138. The molecule has 1 unspecified atom stereocenters. The molecule has 1 aromatic rings. The molecule has 0 radical (unpaired) electrons. The van der Waals surface area contributed by atoms with Crippen LogP contribution in [0.15, 0.2) is 36.9 Å². The summed E-state index contributed by atoms with van der Waals surface area (Å²) in [6, 6.07) is 9.54. The quantitative estimate of drug-likeness (QED) is 0.781. The molecular formula is C22H31N3O. The maximum absolute atomic E-state index is 12.5. The Balaban J connectivity index is 1.48. The number of amides is 1. The number of likely N-dealkylation sites (tertiary alicyclic amines) is 1. The van der Waals surface area contributed by atoms with Gasteiger partial charge in [-0.15, -0.1) is 6.58 Å². The normalized spacial score (nSPS) is 28.3. The second-order valence-corrected chi connectivity index (χ2v) is 8.33. The Morgan fingerprint density at radius 2 is 1.88 bits per heavy atom. The first kappa shape index (κ1) is 17.7. The molecule has 1 amide bonds. The SMILES string of the molecule is C=CCN1CCC2(CCC1=O)CN(C1Cc3ccccc3C1)CCN2C. The Hall–Kier alpha value is -1.65. The summed E-state index contributed by atoms with van der Waals surface area (Å²) < 4.78 is 0. The molecule has 0 saturated carbocycles. The summed E-state index contributed by atoms with van der Waals surface area (Å²) in [6.07, 6.45) is 6.92. The van der Waals surface area contributed by atoms with Crippen molar-refractivity contribution >= 4 is 5.91 Å². The Morgan fingerprint density at radius 3 is 2.58 bits per heavy atom. The van der Waals surface area contributed by atoms with Gasteiger partial charge in [0.15, 0.2) is 0 Å². The lowest BCUT2D eigenvalue weighted by atomic mass is 9.85. The first-order valence-corrected chi connectivity index (χ1v) is 10.0. The monoisotopic (exact) mass is 353 g/mol. The molecule has 1 spiro atoms. The number of hydrogen-bond acceptors (Lipinski definition) is 3. The van der Waals surface area contributed by atoms with Gasteiger partial charge in [0.25, 0.3) is 0 Å². The van der Waals surface area contributed by atoms with E-state index < -0.39 is 0 Å². The second-order valence-electron chi connectivity index (χ2n) is 8.33. The molecule has 0 aromatic heterocycles. The first-order chi connectivity index (χ1) is 12.6. The minimum Gasteiger partial charge on any atom is -0.339 e. The Kier molecular flexibility index (Phi) is 4.89. The highest BCUT2D eigenvalue weighted by molar-refractivity contribution is 5.76. The van der Waals surface area contributed by atoms with Gasteiger partial charge in [-0.3, -0.25) is 14.6 Å². The van der Waals surface area contributed by atoms with Gasteiger partial charge in [0.1, 0.15) is 0 Å². The topological polar surface area (TPSA) is 26.8 Å². The third kappa shape index (κ3) is 3.21. The number of nitrogens with zero attached hydrogens (tertiary/aromatic N) is 3. The maximum Gasteiger partial charge on any atom is 0.222 e. The number of hydrogen-bond donors (Lipinski definition) is 0. The average molecular weight is 354 g/mol. The number of carbonyl (C=O) groups excluding carboxylic acids is 1. The summed E-state index contributed by atoms with van der Waals surface area (Å²) in [5.74, 6) is 0.292. The number of likely N-dealkylation sites (N-methyl/N-ethyl adjacent to an activating group) is 1. The van der Waals surface area contributed by atoms with Crippen molar-refractivity contribution in [1.82, 2.24) is 14.7 Å². The maximum atomic E-state index is 12.5. The third-order valence-corrected chi connectivity index (χ3v) is 6.93. The van der Waals surface area contributed by atoms with Crippen molar-refractivity contribution in [3.05, 3.63) is 48.0 Å². The molecular weight excluding hydrogens is 322 g/mol. The largest absolute Gasteiger partial charge is 0.339 e. The van der Waals surface area contributed by atoms with E-state index in [2.05, 4.69) is 47.7 Å². The van der Waals surface area contributed by atoms with E-state index >= 15 is 0 Å². The molecule has 2 saturated heterocycles. The highest BCUT2D eigenvalue weighted by atomic mass is 16.2. The fourth-order valence-corrected chi connectivity index (χ4v) is 5.18. The van der Waals surface area contributed by atoms with E-state index in [1.54, 1.807) is 0 Å². The highest BCUT2D eigenvalue weighted by Crippen LogP contribution is 2.35. The molecule has 0 bridgehead atoms. The number of piperazine rings is 1. The third-order valence-electron chi connectivity index (χ3n) is 6.93. The van der Waals surface area contributed by atoms with Crippen molar-refractivity contribution in [2.24, 2.45) is 0 Å². The van der Waals surface area contributed by atoms with E-state index in [4.69, 9.17) is 0 Å². The van der Waals surface area contributed by atoms with Gasteiger partial charge >= 0.3 is 0 Å². The van der Waals surface area contributed by atoms with Gasteiger partial charge < -0.3 is 4.90 Å². The standard InChI is InChI=1S/C22H31N3O/c1-3-11-24-12-10-22(9-8-21(24)26)17-25(14-13-23(22)2)20-15-18-6-4-5-7-19(18)16-20/h3-7,20H,1,8-17H2,2H3. The zero-order chi connectivity index (χ0) is 18.1. The Morgan fingerprint density at radius 1 is 1.15 bits per heavy atom. The van der Waals surface area contributed by atoms with Crippen molar-refractivity contribution < 1.29 is 4.79 Å². The molecule has 140 valence electrons. The molecule has 2 aliphatic heterocycles. The van der Waals surface area contributed by atoms with Gasteiger partial charge in [-0.2, -0.15) is 0 Å². The fourth-order valence-electron chi connectivity index (χ4n) is 5.18. The van der Waals surface area contributed by atoms with E-state index in [1.807, 2.05) is 11.0 Å². The zero-order valence-electron chi connectivity index (χ0n) is 16.0. The lowest BCUT2D eigenvalue weighted by Gasteiger charge is -2.51. The summed E-state index contributed by atoms with van der Waals surface area (Å²) in [7, 11) is 2.26. The van der Waals surface area contributed by atoms with Crippen molar-refractivity contribution in [2.75, 3.05) is 39.8 Å². The summed E-state index contributed by atoms with van der Waals surface area (Å²) in [6.45, 7) is 8.68. The van der Waals surface area contributed by atoms with Crippen molar-refractivity contribution in [3.63, 3.8) is 0 Å². The van der Waals surface area contributed by atoms with Crippen LogP contribution >= 0.6 is 0 Å². The molecule has 4 heteroatoms. The molecule has 2 fully saturated rings. The van der Waals surface area contributed by atoms with E-state index in [0.717, 1.165) is 39.0 Å².